The molecule has 3 rings (SSSR count). The van der Waals surface area contributed by atoms with Crippen LogP contribution in [0.25, 0.3) is 4.96 Å². The maximum atomic E-state index is 4.59. The maximum Gasteiger partial charge on any atom is 0.234 e. The Morgan fingerprint density at radius 3 is 3.12 bits per heavy atom. The summed E-state index contributed by atoms with van der Waals surface area (Å²) in [7, 11) is 0. The zero-order valence-corrected chi connectivity index (χ0v) is 10.1. The molecule has 0 bridgehead atoms. The van der Waals surface area contributed by atoms with Crippen LogP contribution in [0.15, 0.2) is 0 Å². The fourth-order valence-electron chi connectivity index (χ4n) is 2.11. The minimum absolute atomic E-state index is 0.411. The van der Waals surface area contributed by atoms with E-state index in [1.165, 1.54) is 25.7 Å². The van der Waals surface area contributed by atoms with E-state index < -0.39 is 0 Å². The van der Waals surface area contributed by atoms with E-state index in [0.717, 1.165) is 22.3 Å². The Kier molecular flexibility index (Phi) is 2.61. The lowest BCUT2D eigenvalue weighted by atomic mass is 10.1. The minimum Gasteiger partial charge on any atom is -0.308 e. The molecule has 1 saturated heterocycles. The van der Waals surface area contributed by atoms with E-state index >= 15 is 0 Å². The van der Waals surface area contributed by atoms with Gasteiger partial charge in [-0.2, -0.15) is 9.61 Å². The monoisotopic (exact) mass is 237 g/mol. The summed E-state index contributed by atoms with van der Waals surface area (Å²) >= 11 is 1.65. The van der Waals surface area contributed by atoms with Gasteiger partial charge in [-0.15, -0.1) is 10.2 Å². The number of nitrogens with one attached hydrogen (secondary N) is 1. The van der Waals surface area contributed by atoms with Crippen molar-refractivity contribution >= 4 is 16.3 Å². The molecule has 0 spiro atoms. The molecule has 1 aliphatic heterocycles. The summed E-state index contributed by atoms with van der Waals surface area (Å²) in [5, 5.41) is 17.4. The third kappa shape index (κ3) is 1.72. The van der Waals surface area contributed by atoms with Crippen molar-refractivity contribution in [2.24, 2.45) is 0 Å². The van der Waals surface area contributed by atoms with Crippen molar-refractivity contribution in [1.29, 1.82) is 0 Å². The normalized spacial score (nSPS) is 22.4. The van der Waals surface area contributed by atoms with Crippen LogP contribution in [0.5, 0.6) is 0 Å². The van der Waals surface area contributed by atoms with Crippen molar-refractivity contribution in [2.45, 2.75) is 38.6 Å². The van der Waals surface area contributed by atoms with Gasteiger partial charge in [0, 0.05) is 0 Å². The average Bonchev–Trinajstić information content (AvgIpc) is 2.72. The van der Waals surface area contributed by atoms with Crippen LogP contribution in [-0.2, 0) is 0 Å². The van der Waals surface area contributed by atoms with E-state index in [2.05, 4.69) is 20.6 Å². The van der Waals surface area contributed by atoms with Crippen molar-refractivity contribution in [1.82, 2.24) is 25.1 Å². The lowest BCUT2D eigenvalue weighted by Gasteiger charge is -2.11. The number of hydrogen-bond donors (Lipinski definition) is 1. The Morgan fingerprint density at radius 2 is 2.25 bits per heavy atom. The number of aromatic nitrogens is 4. The van der Waals surface area contributed by atoms with Crippen molar-refractivity contribution < 1.29 is 0 Å². The van der Waals surface area contributed by atoms with Crippen molar-refractivity contribution in [3.8, 4) is 0 Å². The SMILES string of the molecule is Cc1nnc2sc(C3CCCCCN3)nn12. The molecule has 0 saturated carbocycles. The number of hydrogen-bond acceptors (Lipinski definition) is 5. The van der Waals surface area contributed by atoms with Gasteiger partial charge in [-0.1, -0.05) is 24.2 Å². The van der Waals surface area contributed by atoms with Gasteiger partial charge in [0.1, 0.15) is 5.01 Å². The molecule has 2 aromatic rings. The maximum absolute atomic E-state index is 4.59. The topological polar surface area (TPSA) is 55.1 Å². The Labute approximate surface area is 97.9 Å². The van der Waals surface area contributed by atoms with Crippen LogP contribution >= 0.6 is 11.3 Å². The van der Waals surface area contributed by atoms with E-state index in [4.69, 9.17) is 0 Å². The van der Waals surface area contributed by atoms with Crippen LogP contribution in [-0.4, -0.2) is 26.4 Å². The van der Waals surface area contributed by atoms with E-state index in [-0.39, 0.29) is 0 Å². The van der Waals surface area contributed by atoms with E-state index in [1.807, 2.05) is 11.4 Å². The molecule has 0 amide bonds. The van der Waals surface area contributed by atoms with Crippen LogP contribution in [0.1, 0.15) is 42.6 Å². The number of rotatable bonds is 1. The molecule has 1 aliphatic rings. The minimum atomic E-state index is 0.411. The molecular formula is C10H15N5S. The van der Waals surface area contributed by atoms with Gasteiger partial charge in [0.05, 0.1) is 6.04 Å². The zero-order valence-electron chi connectivity index (χ0n) is 9.31. The quantitative estimate of drug-likeness (QED) is 0.820. The van der Waals surface area contributed by atoms with Gasteiger partial charge in [0.15, 0.2) is 5.82 Å². The number of fused-ring (bicyclic) bond motifs is 1. The van der Waals surface area contributed by atoms with Gasteiger partial charge < -0.3 is 5.32 Å². The lowest BCUT2D eigenvalue weighted by molar-refractivity contribution is 0.525. The summed E-state index contributed by atoms with van der Waals surface area (Å²) in [5.41, 5.74) is 0. The summed E-state index contributed by atoms with van der Waals surface area (Å²) < 4.78 is 1.84. The van der Waals surface area contributed by atoms with Crippen LogP contribution in [0.4, 0.5) is 0 Å². The molecule has 3 heterocycles. The molecule has 6 heteroatoms. The van der Waals surface area contributed by atoms with Gasteiger partial charge in [-0.25, -0.2) is 0 Å². The van der Waals surface area contributed by atoms with E-state index in [0.29, 0.717) is 6.04 Å². The molecule has 5 nitrogen and oxygen atoms in total. The first-order chi connectivity index (χ1) is 7.84. The molecule has 2 aromatic heterocycles. The van der Waals surface area contributed by atoms with Gasteiger partial charge >= 0.3 is 0 Å². The van der Waals surface area contributed by atoms with E-state index in [9.17, 15) is 0 Å². The largest absolute Gasteiger partial charge is 0.308 e. The zero-order chi connectivity index (χ0) is 11.0. The Hall–Kier alpha value is -1.01. The second-order valence-corrected chi connectivity index (χ2v) is 5.23. The third-order valence-corrected chi connectivity index (χ3v) is 4.03. The molecule has 0 aromatic carbocycles. The fourth-order valence-corrected chi connectivity index (χ4v) is 3.10. The number of aryl methyl sites for hydroxylation is 1. The second-order valence-electron chi connectivity index (χ2n) is 4.24. The van der Waals surface area contributed by atoms with E-state index in [1.54, 1.807) is 11.3 Å². The molecule has 1 fully saturated rings. The Bertz CT molecular complexity index is 480. The summed E-state index contributed by atoms with van der Waals surface area (Å²) in [6.07, 6.45) is 5.08. The van der Waals surface area contributed by atoms with Crippen LogP contribution in [0.2, 0.25) is 0 Å². The van der Waals surface area contributed by atoms with Crippen molar-refractivity contribution in [3.05, 3.63) is 10.8 Å². The first-order valence-corrected chi connectivity index (χ1v) is 6.58. The lowest BCUT2D eigenvalue weighted by Crippen LogP contribution is -2.20. The molecule has 1 atom stereocenters. The van der Waals surface area contributed by atoms with Gasteiger partial charge in [-0.05, 0) is 26.3 Å². The third-order valence-electron chi connectivity index (χ3n) is 3.02. The standard InChI is InChI=1S/C10H15N5S/c1-7-12-13-10-15(7)14-9(16-10)8-5-3-2-4-6-11-8/h8,11H,2-6H2,1H3. The summed E-state index contributed by atoms with van der Waals surface area (Å²) in [4.78, 5) is 0.901. The Morgan fingerprint density at radius 1 is 1.31 bits per heavy atom. The molecule has 0 radical (unpaired) electrons. The van der Waals surface area contributed by atoms with Gasteiger partial charge in [-0.3, -0.25) is 0 Å². The van der Waals surface area contributed by atoms with Crippen molar-refractivity contribution in [3.63, 3.8) is 0 Å². The molecule has 1 N–H and O–H groups in total. The van der Waals surface area contributed by atoms with Crippen LogP contribution in [0.3, 0.4) is 0 Å². The highest BCUT2D eigenvalue weighted by atomic mass is 32.1. The molecule has 0 aliphatic carbocycles. The van der Waals surface area contributed by atoms with Crippen LogP contribution < -0.4 is 5.32 Å². The summed E-state index contributed by atoms with van der Waals surface area (Å²) in [6.45, 7) is 3.04. The molecule has 86 valence electrons. The molecule has 16 heavy (non-hydrogen) atoms. The van der Waals surface area contributed by atoms with Crippen LogP contribution in [0, 0.1) is 6.92 Å². The molecule has 1 unspecified atom stereocenters. The highest BCUT2D eigenvalue weighted by Crippen LogP contribution is 2.26. The first kappa shape index (κ1) is 10.2. The second kappa shape index (κ2) is 4.10. The average molecular weight is 237 g/mol. The fraction of sp³-hybridized carbons (Fsp3) is 0.700. The first-order valence-electron chi connectivity index (χ1n) is 5.77. The molecular weight excluding hydrogens is 222 g/mol. The highest BCUT2D eigenvalue weighted by Gasteiger charge is 2.19. The summed E-state index contributed by atoms with van der Waals surface area (Å²) in [6, 6.07) is 0.411. The predicted octanol–water partition coefficient (Wildman–Crippen LogP) is 1.70. The summed E-state index contributed by atoms with van der Waals surface area (Å²) in [5.74, 6) is 0.867. The van der Waals surface area contributed by atoms with Crippen molar-refractivity contribution in [2.75, 3.05) is 6.54 Å². The van der Waals surface area contributed by atoms with Gasteiger partial charge in [0.25, 0.3) is 0 Å². The Balaban J connectivity index is 1.92. The predicted molar refractivity (Wildman–Crippen MR) is 62.6 cm³/mol. The number of nitrogens with zero attached hydrogens (tertiary/aromatic N) is 4. The smallest absolute Gasteiger partial charge is 0.234 e. The highest BCUT2D eigenvalue weighted by molar-refractivity contribution is 7.16. The van der Waals surface area contributed by atoms with Gasteiger partial charge in [0.2, 0.25) is 4.96 Å².